The van der Waals surface area contributed by atoms with Gasteiger partial charge in [0.1, 0.15) is 5.82 Å². The Bertz CT molecular complexity index is 577. The van der Waals surface area contributed by atoms with Crippen LogP contribution in [-0.4, -0.2) is 6.54 Å². The zero-order valence-electron chi connectivity index (χ0n) is 10.0. The first-order valence-corrected chi connectivity index (χ1v) is 6.95. The Kier molecular flexibility index (Phi) is 4.80. The molecule has 0 aromatic heterocycles. The summed E-state index contributed by atoms with van der Waals surface area (Å²) in [6.45, 7) is 0.340. The standard InChI is InChI=1S/C14H13BrClFN2/c15-10-6-5-9(7-12(10)17)14(8-18)19-13-4-2-1-3-11(13)16/h1-7,14,19H,8,18H2. The molecule has 0 saturated carbocycles. The average molecular weight is 344 g/mol. The maximum absolute atomic E-state index is 13.6. The SMILES string of the molecule is NCC(Nc1ccccc1Cl)c1ccc(Br)c(F)c1. The first-order valence-electron chi connectivity index (χ1n) is 5.78. The highest BCUT2D eigenvalue weighted by Gasteiger charge is 2.12. The van der Waals surface area contributed by atoms with Gasteiger partial charge in [0.25, 0.3) is 0 Å². The normalized spacial score (nSPS) is 12.2. The topological polar surface area (TPSA) is 38.0 Å². The maximum atomic E-state index is 13.6. The Balaban J connectivity index is 2.25. The number of halogens is 3. The van der Waals surface area contributed by atoms with E-state index in [1.54, 1.807) is 12.1 Å². The van der Waals surface area contributed by atoms with Crippen LogP contribution in [0.15, 0.2) is 46.9 Å². The van der Waals surface area contributed by atoms with Gasteiger partial charge in [-0.2, -0.15) is 0 Å². The molecule has 5 heteroatoms. The number of rotatable bonds is 4. The van der Waals surface area contributed by atoms with Gasteiger partial charge in [-0.25, -0.2) is 4.39 Å². The van der Waals surface area contributed by atoms with E-state index in [1.807, 2.05) is 24.3 Å². The van der Waals surface area contributed by atoms with Crippen LogP contribution in [0.3, 0.4) is 0 Å². The smallest absolute Gasteiger partial charge is 0.137 e. The molecular formula is C14H13BrClFN2. The minimum atomic E-state index is -0.308. The molecule has 0 aliphatic heterocycles. The fourth-order valence-electron chi connectivity index (χ4n) is 1.77. The number of hydrogen-bond donors (Lipinski definition) is 2. The summed E-state index contributed by atoms with van der Waals surface area (Å²) in [5, 5.41) is 3.83. The van der Waals surface area contributed by atoms with E-state index in [9.17, 15) is 4.39 Å². The fraction of sp³-hybridized carbons (Fsp3) is 0.143. The molecule has 2 nitrogen and oxygen atoms in total. The van der Waals surface area contributed by atoms with Crippen LogP contribution in [0.25, 0.3) is 0 Å². The van der Waals surface area contributed by atoms with Crippen molar-refractivity contribution in [2.24, 2.45) is 5.73 Å². The molecule has 3 N–H and O–H groups in total. The van der Waals surface area contributed by atoms with Crippen molar-refractivity contribution in [1.82, 2.24) is 0 Å². The molecule has 2 rings (SSSR count). The first-order chi connectivity index (χ1) is 9.11. The summed E-state index contributed by atoms with van der Waals surface area (Å²) in [5.74, 6) is -0.308. The second kappa shape index (κ2) is 6.37. The van der Waals surface area contributed by atoms with E-state index in [4.69, 9.17) is 17.3 Å². The van der Waals surface area contributed by atoms with Crippen molar-refractivity contribution in [3.05, 3.63) is 63.3 Å². The molecule has 2 aromatic carbocycles. The van der Waals surface area contributed by atoms with Crippen LogP contribution >= 0.6 is 27.5 Å². The Morgan fingerprint density at radius 2 is 2.00 bits per heavy atom. The highest BCUT2D eigenvalue weighted by atomic mass is 79.9. The molecule has 2 aromatic rings. The second-order valence-electron chi connectivity index (χ2n) is 4.09. The molecule has 0 saturated heterocycles. The van der Waals surface area contributed by atoms with Crippen LogP contribution < -0.4 is 11.1 Å². The molecule has 0 amide bonds. The molecule has 0 aliphatic carbocycles. The maximum Gasteiger partial charge on any atom is 0.137 e. The summed E-state index contributed by atoms with van der Waals surface area (Å²) in [6.07, 6.45) is 0. The highest BCUT2D eigenvalue weighted by molar-refractivity contribution is 9.10. The summed E-state index contributed by atoms with van der Waals surface area (Å²) in [4.78, 5) is 0. The molecule has 0 spiro atoms. The van der Waals surface area contributed by atoms with Crippen LogP contribution in [0.2, 0.25) is 5.02 Å². The van der Waals surface area contributed by atoms with E-state index >= 15 is 0 Å². The summed E-state index contributed by atoms with van der Waals surface area (Å²) >= 11 is 9.22. The van der Waals surface area contributed by atoms with Gasteiger partial charge in [0.05, 0.1) is 21.2 Å². The number of para-hydroxylation sites is 1. The minimum absolute atomic E-state index is 0.192. The molecule has 0 bridgehead atoms. The Morgan fingerprint density at radius 3 is 2.63 bits per heavy atom. The number of anilines is 1. The predicted octanol–water partition coefficient (Wildman–Crippen LogP) is 4.35. The first kappa shape index (κ1) is 14.3. The monoisotopic (exact) mass is 342 g/mol. The van der Waals surface area contributed by atoms with Gasteiger partial charge in [-0.3, -0.25) is 0 Å². The Hall–Kier alpha value is -1.10. The molecule has 0 fully saturated rings. The molecule has 1 atom stereocenters. The lowest BCUT2D eigenvalue weighted by atomic mass is 10.1. The third-order valence-corrected chi connectivity index (χ3v) is 3.76. The third kappa shape index (κ3) is 3.47. The van der Waals surface area contributed by atoms with E-state index in [2.05, 4.69) is 21.2 Å². The van der Waals surface area contributed by atoms with Gasteiger partial charge >= 0.3 is 0 Å². The van der Waals surface area contributed by atoms with Gasteiger partial charge in [-0.1, -0.05) is 29.8 Å². The van der Waals surface area contributed by atoms with Gasteiger partial charge < -0.3 is 11.1 Å². The molecule has 100 valence electrons. The van der Waals surface area contributed by atoms with E-state index < -0.39 is 0 Å². The molecule has 1 unspecified atom stereocenters. The molecule has 0 aliphatic rings. The van der Waals surface area contributed by atoms with E-state index in [1.165, 1.54) is 6.07 Å². The summed E-state index contributed by atoms with van der Waals surface area (Å²) < 4.78 is 14.0. The summed E-state index contributed by atoms with van der Waals surface area (Å²) in [6, 6.07) is 12.2. The zero-order valence-corrected chi connectivity index (χ0v) is 12.4. The zero-order chi connectivity index (χ0) is 13.8. The van der Waals surface area contributed by atoms with Gasteiger partial charge in [-0.05, 0) is 45.8 Å². The van der Waals surface area contributed by atoms with Crippen LogP contribution in [0, 0.1) is 5.82 Å². The lowest BCUT2D eigenvalue weighted by Gasteiger charge is -2.19. The molecule has 19 heavy (non-hydrogen) atoms. The van der Waals surface area contributed by atoms with Crippen molar-refractivity contribution in [2.75, 3.05) is 11.9 Å². The predicted molar refractivity (Wildman–Crippen MR) is 81.0 cm³/mol. The van der Waals surface area contributed by atoms with E-state index in [0.29, 0.717) is 16.0 Å². The van der Waals surface area contributed by atoms with Crippen molar-refractivity contribution in [2.45, 2.75) is 6.04 Å². The summed E-state index contributed by atoms with van der Waals surface area (Å²) in [7, 11) is 0. The molecule has 0 radical (unpaired) electrons. The van der Waals surface area contributed by atoms with Crippen LogP contribution in [0.5, 0.6) is 0 Å². The number of benzene rings is 2. The van der Waals surface area contributed by atoms with E-state index in [-0.39, 0.29) is 11.9 Å². The van der Waals surface area contributed by atoms with Gasteiger partial charge in [0.15, 0.2) is 0 Å². The largest absolute Gasteiger partial charge is 0.376 e. The van der Waals surface area contributed by atoms with Crippen LogP contribution in [0.1, 0.15) is 11.6 Å². The van der Waals surface area contributed by atoms with Crippen LogP contribution in [-0.2, 0) is 0 Å². The van der Waals surface area contributed by atoms with Crippen molar-refractivity contribution < 1.29 is 4.39 Å². The quantitative estimate of drug-likeness (QED) is 0.866. The number of nitrogens with one attached hydrogen (secondary N) is 1. The number of hydrogen-bond acceptors (Lipinski definition) is 2. The lowest BCUT2D eigenvalue weighted by molar-refractivity contribution is 0.615. The van der Waals surface area contributed by atoms with Crippen molar-refractivity contribution in [3.63, 3.8) is 0 Å². The Labute approximate surface area is 124 Å². The van der Waals surface area contributed by atoms with Gasteiger partial charge in [0.2, 0.25) is 0 Å². The van der Waals surface area contributed by atoms with Gasteiger partial charge in [-0.15, -0.1) is 0 Å². The van der Waals surface area contributed by atoms with Crippen molar-refractivity contribution in [3.8, 4) is 0 Å². The summed E-state index contributed by atoms with van der Waals surface area (Å²) in [5.41, 5.74) is 7.31. The Morgan fingerprint density at radius 1 is 1.26 bits per heavy atom. The minimum Gasteiger partial charge on any atom is -0.376 e. The van der Waals surface area contributed by atoms with Gasteiger partial charge in [0, 0.05) is 6.54 Å². The van der Waals surface area contributed by atoms with Crippen molar-refractivity contribution in [1.29, 1.82) is 0 Å². The lowest BCUT2D eigenvalue weighted by Crippen LogP contribution is -2.20. The second-order valence-corrected chi connectivity index (χ2v) is 5.35. The number of nitrogens with two attached hydrogens (primary N) is 1. The molecular weight excluding hydrogens is 331 g/mol. The van der Waals surface area contributed by atoms with Crippen molar-refractivity contribution >= 4 is 33.2 Å². The van der Waals surface area contributed by atoms with Crippen LogP contribution in [0.4, 0.5) is 10.1 Å². The highest BCUT2D eigenvalue weighted by Crippen LogP contribution is 2.27. The fourth-order valence-corrected chi connectivity index (χ4v) is 2.21. The van der Waals surface area contributed by atoms with E-state index in [0.717, 1.165) is 11.3 Å². The molecule has 0 heterocycles. The average Bonchev–Trinajstić information content (AvgIpc) is 2.41. The third-order valence-electron chi connectivity index (χ3n) is 2.79.